The average Bonchev–Trinajstić information content (AvgIpc) is 2.76. The lowest BCUT2D eigenvalue weighted by Gasteiger charge is -2.21. The van der Waals surface area contributed by atoms with Crippen LogP contribution in [0.3, 0.4) is 0 Å². The molecule has 0 aliphatic heterocycles. The summed E-state index contributed by atoms with van der Waals surface area (Å²) in [5, 5.41) is 23.4. The molecule has 29 heavy (non-hydrogen) atoms. The molecule has 2 N–H and O–H groups in total. The lowest BCUT2D eigenvalue weighted by atomic mass is 10.0. The van der Waals surface area contributed by atoms with E-state index in [0.29, 0.717) is 17.9 Å². The lowest BCUT2D eigenvalue weighted by molar-refractivity contribution is 0.469. The molecule has 0 radical (unpaired) electrons. The maximum Gasteiger partial charge on any atom is 0.119 e. The van der Waals surface area contributed by atoms with Crippen LogP contribution in [-0.4, -0.2) is 19.0 Å². The van der Waals surface area contributed by atoms with Crippen molar-refractivity contribution in [1.29, 1.82) is 0 Å². The van der Waals surface area contributed by atoms with Crippen LogP contribution < -0.4 is 10.4 Å². The van der Waals surface area contributed by atoms with Gasteiger partial charge in [0.15, 0.2) is 0 Å². The van der Waals surface area contributed by atoms with Crippen LogP contribution in [0.2, 0.25) is 0 Å². The maximum atomic E-state index is 10.4. The van der Waals surface area contributed by atoms with E-state index in [1.54, 1.807) is 12.1 Å². The predicted octanol–water partition coefficient (Wildman–Crippen LogP) is 3.81. The fourth-order valence-corrected chi connectivity index (χ4v) is 7.17. The fourth-order valence-electron chi connectivity index (χ4n) is 3.90. The third-order valence-corrected chi connectivity index (χ3v) is 8.77. The van der Waals surface area contributed by atoms with Crippen molar-refractivity contribution in [3.8, 4) is 11.5 Å². The van der Waals surface area contributed by atoms with Gasteiger partial charge < -0.3 is 10.2 Å². The number of benzene rings is 4. The van der Waals surface area contributed by atoms with Crippen LogP contribution in [0.15, 0.2) is 103 Å². The molecule has 3 heteroatoms. The minimum Gasteiger partial charge on any atom is -0.508 e. The van der Waals surface area contributed by atoms with E-state index >= 15 is 0 Å². The SMILES string of the molecule is Oc1ccccc1Cc1ccccc1[SiH](Cc1ccccc1O)c1ccccc1. The summed E-state index contributed by atoms with van der Waals surface area (Å²) in [4.78, 5) is 0. The van der Waals surface area contributed by atoms with Gasteiger partial charge in [0, 0.05) is 6.42 Å². The minimum absolute atomic E-state index is 0.334. The summed E-state index contributed by atoms with van der Waals surface area (Å²) in [7, 11) is -1.64. The second-order valence-corrected chi connectivity index (χ2v) is 10.1. The van der Waals surface area contributed by atoms with Gasteiger partial charge in [-0.3, -0.25) is 0 Å². The third kappa shape index (κ3) is 4.41. The first kappa shape index (κ1) is 19.0. The zero-order chi connectivity index (χ0) is 20.1. The van der Waals surface area contributed by atoms with Crippen molar-refractivity contribution < 1.29 is 10.2 Å². The summed E-state index contributed by atoms with van der Waals surface area (Å²) in [6.45, 7) is 0. The predicted molar refractivity (Wildman–Crippen MR) is 122 cm³/mol. The van der Waals surface area contributed by atoms with Crippen molar-refractivity contribution in [2.24, 2.45) is 0 Å². The lowest BCUT2D eigenvalue weighted by Crippen LogP contribution is -2.46. The molecular weight excluding hydrogens is 372 g/mol. The zero-order valence-electron chi connectivity index (χ0n) is 16.2. The molecule has 1 atom stereocenters. The Kier molecular flexibility index (Phi) is 5.78. The van der Waals surface area contributed by atoms with Gasteiger partial charge in [-0.25, -0.2) is 0 Å². The summed E-state index contributed by atoms with van der Waals surface area (Å²) in [5.74, 6) is 0.694. The van der Waals surface area contributed by atoms with Gasteiger partial charge in [0.2, 0.25) is 0 Å². The molecule has 0 saturated heterocycles. The minimum atomic E-state index is -1.64. The summed E-state index contributed by atoms with van der Waals surface area (Å²) < 4.78 is 0. The standard InChI is InChI=1S/C26H24O2Si/c27-24-15-7-4-10-20(24)18-21-11-6-9-17-26(21)29(23-13-2-1-3-14-23)19-22-12-5-8-16-25(22)28/h1-17,27-29H,18-19H2. The molecule has 0 aliphatic rings. The Balaban J connectivity index is 1.77. The Hall–Kier alpha value is -3.30. The first-order valence-corrected chi connectivity index (χ1v) is 11.9. The molecule has 0 amide bonds. The van der Waals surface area contributed by atoms with E-state index in [4.69, 9.17) is 0 Å². The van der Waals surface area contributed by atoms with Crippen molar-refractivity contribution in [2.75, 3.05) is 0 Å². The van der Waals surface area contributed by atoms with Gasteiger partial charge >= 0.3 is 0 Å². The Labute approximate surface area is 173 Å². The van der Waals surface area contributed by atoms with E-state index in [1.807, 2.05) is 42.5 Å². The smallest absolute Gasteiger partial charge is 0.119 e. The number of para-hydroxylation sites is 2. The summed E-state index contributed by atoms with van der Waals surface area (Å²) in [6.07, 6.45) is 0.694. The highest BCUT2D eigenvalue weighted by atomic mass is 28.3. The van der Waals surface area contributed by atoms with Crippen LogP contribution in [0.1, 0.15) is 16.7 Å². The summed E-state index contributed by atoms with van der Waals surface area (Å²) in [6, 6.07) is 35.2. The molecule has 0 fully saturated rings. The van der Waals surface area contributed by atoms with Crippen molar-refractivity contribution >= 4 is 19.2 Å². The molecule has 0 aliphatic carbocycles. The Bertz CT molecular complexity index is 1090. The van der Waals surface area contributed by atoms with E-state index < -0.39 is 8.80 Å². The van der Waals surface area contributed by atoms with Gasteiger partial charge in [-0.1, -0.05) is 101 Å². The van der Waals surface area contributed by atoms with Crippen molar-refractivity contribution in [1.82, 2.24) is 0 Å². The molecule has 2 nitrogen and oxygen atoms in total. The second-order valence-electron chi connectivity index (χ2n) is 7.30. The number of aromatic hydroxyl groups is 2. The van der Waals surface area contributed by atoms with Gasteiger partial charge in [0.1, 0.15) is 20.3 Å². The van der Waals surface area contributed by atoms with Crippen LogP contribution in [-0.2, 0) is 12.5 Å². The van der Waals surface area contributed by atoms with Gasteiger partial charge in [-0.2, -0.15) is 0 Å². The van der Waals surface area contributed by atoms with E-state index in [0.717, 1.165) is 17.2 Å². The summed E-state index contributed by atoms with van der Waals surface area (Å²) in [5.41, 5.74) is 3.17. The van der Waals surface area contributed by atoms with E-state index in [-0.39, 0.29) is 0 Å². The highest BCUT2D eigenvalue weighted by molar-refractivity contribution is 6.85. The quantitative estimate of drug-likeness (QED) is 0.487. The highest BCUT2D eigenvalue weighted by Crippen LogP contribution is 2.21. The van der Waals surface area contributed by atoms with Crippen LogP contribution in [0, 0.1) is 0 Å². The van der Waals surface area contributed by atoms with E-state index in [1.165, 1.54) is 15.9 Å². The molecule has 4 aromatic carbocycles. The van der Waals surface area contributed by atoms with Crippen LogP contribution >= 0.6 is 0 Å². The van der Waals surface area contributed by atoms with Gasteiger partial charge in [-0.15, -0.1) is 0 Å². The van der Waals surface area contributed by atoms with Gasteiger partial charge in [0.05, 0.1) is 0 Å². The number of phenols is 2. The molecule has 4 aromatic rings. The number of hydrogen-bond donors (Lipinski definition) is 2. The summed E-state index contributed by atoms with van der Waals surface area (Å²) >= 11 is 0. The Morgan fingerprint density at radius 2 is 1.03 bits per heavy atom. The van der Waals surface area contributed by atoms with Crippen LogP contribution in [0.25, 0.3) is 0 Å². The van der Waals surface area contributed by atoms with Crippen molar-refractivity contribution in [3.05, 3.63) is 120 Å². The molecule has 0 aromatic heterocycles. The average molecular weight is 397 g/mol. The molecular formula is C26H24O2Si. The van der Waals surface area contributed by atoms with Crippen molar-refractivity contribution in [3.63, 3.8) is 0 Å². The topological polar surface area (TPSA) is 40.5 Å². The van der Waals surface area contributed by atoms with Gasteiger partial charge in [0.25, 0.3) is 0 Å². The number of phenolic OH excluding ortho intramolecular Hbond substituents is 2. The van der Waals surface area contributed by atoms with E-state index in [2.05, 4.69) is 48.5 Å². The molecule has 0 bridgehead atoms. The molecule has 0 saturated carbocycles. The monoisotopic (exact) mass is 396 g/mol. The maximum absolute atomic E-state index is 10.4. The Morgan fingerprint density at radius 3 is 1.69 bits per heavy atom. The zero-order valence-corrected chi connectivity index (χ0v) is 17.4. The number of hydrogen-bond acceptors (Lipinski definition) is 2. The molecule has 0 spiro atoms. The molecule has 0 heterocycles. The molecule has 4 rings (SSSR count). The fraction of sp³-hybridized carbons (Fsp3) is 0.0769. The highest BCUT2D eigenvalue weighted by Gasteiger charge is 2.21. The largest absolute Gasteiger partial charge is 0.508 e. The van der Waals surface area contributed by atoms with Crippen LogP contribution in [0.4, 0.5) is 0 Å². The third-order valence-electron chi connectivity index (χ3n) is 5.42. The van der Waals surface area contributed by atoms with Gasteiger partial charge in [-0.05, 0) is 34.9 Å². The molecule has 144 valence electrons. The number of rotatable bonds is 6. The normalized spacial score (nSPS) is 11.9. The van der Waals surface area contributed by atoms with Crippen LogP contribution in [0.5, 0.6) is 11.5 Å². The van der Waals surface area contributed by atoms with Crippen molar-refractivity contribution in [2.45, 2.75) is 12.5 Å². The second kappa shape index (κ2) is 8.80. The molecule has 1 unspecified atom stereocenters. The Morgan fingerprint density at radius 1 is 0.517 bits per heavy atom. The first-order chi connectivity index (χ1) is 14.2. The first-order valence-electron chi connectivity index (χ1n) is 9.89. The van der Waals surface area contributed by atoms with E-state index in [9.17, 15) is 10.2 Å².